The van der Waals surface area contributed by atoms with E-state index in [1.54, 1.807) is 0 Å². The second-order valence-corrected chi connectivity index (χ2v) is 3.79. The van der Waals surface area contributed by atoms with Crippen molar-refractivity contribution >= 4 is 12.4 Å². The first-order valence-corrected chi connectivity index (χ1v) is 4.64. The van der Waals surface area contributed by atoms with E-state index in [9.17, 15) is 0 Å². The lowest BCUT2D eigenvalue weighted by atomic mass is 9.77. The van der Waals surface area contributed by atoms with Gasteiger partial charge in [-0.2, -0.15) is 0 Å². The van der Waals surface area contributed by atoms with E-state index in [0.29, 0.717) is 6.04 Å². The third kappa shape index (κ3) is 2.71. The fourth-order valence-electron chi connectivity index (χ4n) is 1.90. The SMILES string of the molecule is Cl.NC1CC(Cc2ccccc2)C1. The van der Waals surface area contributed by atoms with E-state index in [0.717, 1.165) is 5.92 Å². The van der Waals surface area contributed by atoms with Gasteiger partial charge < -0.3 is 5.73 Å². The van der Waals surface area contributed by atoms with Crippen LogP contribution < -0.4 is 5.73 Å². The zero-order chi connectivity index (χ0) is 8.39. The van der Waals surface area contributed by atoms with Crippen LogP contribution in [0.5, 0.6) is 0 Å². The number of hydrogen-bond acceptors (Lipinski definition) is 1. The topological polar surface area (TPSA) is 26.0 Å². The summed E-state index contributed by atoms with van der Waals surface area (Å²) in [5, 5.41) is 0. The van der Waals surface area contributed by atoms with Crippen LogP contribution in [0.3, 0.4) is 0 Å². The summed E-state index contributed by atoms with van der Waals surface area (Å²) in [4.78, 5) is 0. The van der Waals surface area contributed by atoms with Crippen molar-refractivity contribution in [2.45, 2.75) is 25.3 Å². The molecular formula is C11H16ClN. The number of hydrogen-bond donors (Lipinski definition) is 1. The maximum absolute atomic E-state index is 5.72. The fraction of sp³-hybridized carbons (Fsp3) is 0.455. The molecule has 0 unspecified atom stereocenters. The Bertz CT molecular complexity index is 242. The van der Waals surface area contributed by atoms with E-state index in [-0.39, 0.29) is 12.4 Å². The third-order valence-corrected chi connectivity index (χ3v) is 2.64. The zero-order valence-electron chi connectivity index (χ0n) is 7.65. The Morgan fingerprint density at radius 3 is 2.31 bits per heavy atom. The number of benzene rings is 1. The van der Waals surface area contributed by atoms with Crippen molar-refractivity contribution in [2.24, 2.45) is 11.7 Å². The number of halogens is 1. The zero-order valence-corrected chi connectivity index (χ0v) is 8.46. The Morgan fingerprint density at radius 1 is 1.15 bits per heavy atom. The van der Waals surface area contributed by atoms with Gasteiger partial charge in [0.1, 0.15) is 0 Å². The van der Waals surface area contributed by atoms with E-state index < -0.39 is 0 Å². The van der Waals surface area contributed by atoms with Crippen LogP contribution >= 0.6 is 12.4 Å². The van der Waals surface area contributed by atoms with Gasteiger partial charge in [-0.25, -0.2) is 0 Å². The molecule has 2 heteroatoms. The third-order valence-electron chi connectivity index (χ3n) is 2.64. The summed E-state index contributed by atoms with van der Waals surface area (Å²) in [5.41, 5.74) is 7.18. The quantitative estimate of drug-likeness (QED) is 0.774. The molecule has 0 aliphatic heterocycles. The summed E-state index contributed by atoms with van der Waals surface area (Å²) in [6.45, 7) is 0. The highest BCUT2D eigenvalue weighted by molar-refractivity contribution is 5.85. The molecule has 2 rings (SSSR count). The molecule has 0 atom stereocenters. The standard InChI is InChI=1S/C11H15N.ClH/c12-11-7-10(8-11)6-9-4-2-1-3-5-9;/h1-5,10-11H,6-8,12H2;1H. The largest absolute Gasteiger partial charge is 0.328 e. The molecule has 1 aromatic carbocycles. The van der Waals surface area contributed by atoms with E-state index >= 15 is 0 Å². The summed E-state index contributed by atoms with van der Waals surface area (Å²) in [6, 6.07) is 11.2. The summed E-state index contributed by atoms with van der Waals surface area (Å²) >= 11 is 0. The normalized spacial score (nSPS) is 25.9. The summed E-state index contributed by atoms with van der Waals surface area (Å²) in [5.74, 6) is 0.849. The lowest BCUT2D eigenvalue weighted by Gasteiger charge is -2.32. The van der Waals surface area contributed by atoms with Crippen molar-refractivity contribution in [2.75, 3.05) is 0 Å². The molecule has 0 heterocycles. The molecule has 0 aromatic heterocycles. The van der Waals surface area contributed by atoms with Crippen LogP contribution in [0, 0.1) is 5.92 Å². The summed E-state index contributed by atoms with van der Waals surface area (Å²) in [6.07, 6.45) is 3.65. The molecule has 1 aliphatic carbocycles. The highest BCUT2D eigenvalue weighted by atomic mass is 35.5. The van der Waals surface area contributed by atoms with Gasteiger partial charge in [-0.1, -0.05) is 30.3 Å². The Hall–Kier alpha value is -0.530. The fourth-order valence-corrected chi connectivity index (χ4v) is 1.90. The first kappa shape index (κ1) is 10.6. The lowest BCUT2D eigenvalue weighted by Crippen LogP contribution is -2.37. The first-order valence-electron chi connectivity index (χ1n) is 4.64. The highest BCUT2D eigenvalue weighted by Gasteiger charge is 2.25. The highest BCUT2D eigenvalue weighted by Crippen LogP contribution is 2.28. The van der Waals surface area contributed by atoms with Gasteiger partial charge in [0.15, 0.2) is 0 Å². The Balaban J connectivity index is 0.000000845. The second-order valence-electron chi connectivity index (χ2n) is 3.79. The van der Waals surface area contributed by atoms with Gasteiger partial charge in [-0.3, -0.25) is 0 Å². The van der Waals surface area contributed by atoms with E-state index in [1.807, 2.05) is 0 Å². The average Bonchev–Trinajstić information content (AvgIpc) is 2.04. The molecular weight excluding hydrogens is 182 g/mol. The molecule has 0 amide bonds. The van der Waals surface area contributed by atoms with Gasteiger partial charge >= 0.3 is 0 Å². The van der Waals surface area contributed by atoms with Crippen molar-refractivity contribution in [1.29, 1.82) is 0 Å². The van der Waals surface area contributed by atoms with Crippen LogP contribution in [0.15, 0.2) is 30.3 Å². The van der Waals surface area contributed by atoms with Crippen LogP contribution in [-0.4, -0.2) is 6.04 Å². The van der Waals surface area contributed by atoms with Crippen LogP contribution in [0.1, 0.15) is 18.4 Å². The number of nitrogens with two attached hydrogens (primary N) is 1. The van der Waals surface area contributed by atoms with E-state index in [2.05, 4.69) is 30.3 Å². The molecule has 1 fully saturated rings. The lowest BCUT2D eigenvalue weighted by molar-refractivity contribution is 0.264. The predicted octanol–water partition coefficient (Wildman–Crippen LogP) is 2.39. The van der Waals surface area contributed by atoms with Gasteiger partial charge in [0.25, 0.3) is 0 Å². The second kappa shape index (κ2) is 4.64. The van der Waals surface area contributed by atoms with Crippen molar-refractivity contribution in [1.82, 2.24) is 0 Å². The van der Waals surface area contributed by atoms with Crippen LogP contribution in [0.2, 0.25) is 0 Å². The molecule has 1 saturated carbocycles. The van der Waals surface area contributed by atoms with Crippen LogP contribution in [0.25, 0.3) is 0 Å². The summed E-state index contributed by atoms with van der Waals surface area (Å²) in [7, 11) is 0. The maximum atomic E-state index is 5.72. The maximum Gasteiger partial charge on any atom is 0.00443 e. The smallest absolute Gasteiger partial charge is 0.00443 e. The van der Waals surface area contributed by atoms with Crippen molar-refractivity contribution in [3.05, 3.63) is 35.9 Å². The minimum absolute atomic E-state index is 0. The van der Waals surface area contributed by atoms with Gasteiger partial charge in [0.05, 0.1) is 0 Å². The molecule has 1 aromatic rings. The van der Waals surface area contributed by atoms with Gasteiger partial charge in [0.2, 0.25) is 0 Å². The molecule has 0 bridgehead atoms. The molecule has 72 valence electrons. The molecule has 0 radical (unpaired) electrons. The molecule has 0 spiro atoms. The van der Waals surface area contributed by atoms with Crippen molar-refractivity contribution in [3.8, 4) is 0 Å². The van der Waals surface area contributed by atoms with Crippen molar-refractivity contribution < 1.29 is 0 Å². The number of rotatable bonds is 2. The van der Waals surface area contributed by atoms with Gasteiger partial charge in [-0.15, -0.1) is 12.4 Å². The van der Waals surface area contributed by atoms with Gasteiger partial charge in [-0.05, 0) is 30.7 Å². The van der Waals surface area contributed by atoms with Crippen LogP contribution in [-0.2, 0) is 6.42 Å². The average molecular weight is 198 g/mol. The van der Waals surface area contributed by atoms with E-state index in [1.165, 1.54) is 24.8 Å². The Kier molecular flexibility index (Phi) is 3.76. The Labute approximate surface area is 85.7 Å². The minimum Gasteiger partial charge on any atom is -0.328 e. The predicted molar refractivity (Wildman–Crippen MR) is 58.1 cm³/mol. The van der Waals surface area contributed by atoms with E-state index in [4.69, 9.17) is 5.73 Å². The molecule has 0 saturated heterocycles. The van der Waals surface area contributed by atoms with Gasteiger partial charge in [0, 0.05) is 6.04 Å². The molecule has 13 heavy (non-hydrogen) atoms. The molecule has 1 aliphatic rings. The Morgan fingerprint density at radius 2 is 1.77 bits per heavy atom. The van der Waals surface area contributed by atoms with Crippen LogP contribution in [0.4, 0.5) is 0 Å². The monoisotopic (exact) mass is 197 g/mol. The van der Waals surface area contributed by atoms with Crippen molar-refractivity contribution in [3.63, 3.8) is 0 Å². The molecule has 2 N–H and O–H groups in total. The molecule has 1 nitrogen and oxygen atoms in total. The summed E-state index contributed by atoms with van der Waals surface area (Å²) < 4.78 is 0. The first-order chi connectivity index (χ1) is 5.84. The minimum atomic E-state index is 0.